The van der Waals surface area contributed by atoms with Crippen molar-refractivity contribution in [3.63, 3.8) is 0 Å². The van der Waals surface area contributed by atoms with Crippen LogP contribution in [0.15, 0.2) is 12.4 Å². The number of rotatable bonds is 7. The molecule has 1 unspecified atom stereocenters. The Labute approximate surface area is 102 Å². The number of carbonyl (C=O) groups is 1. The summed E-state index contributed by atoms with van der Waals surface area (Å²) in [6.07, 6.45) is 3.43. The van der Waals surface area contributed by atoms with Crippen molar-refractivity contribution in [3.05, 3.63) is 12.4 Å². The van der Waals surface area contributed by atoms with Gasteiger partial charge in [0.1, 0.15) is 0 Å². The Hall–Kier alpha value is -1.43. The van der Waals surface area contributed by atoms with E-state index in [-0.39, 0.29) is 11.9 Å². The molecule has 17 heavy (non-hydrogen) atoms. The zero-order valence-corrected chi connectivity index (χ0v) is 10.7. The third-order valence-electron chi connectivity index (χ3n) is 2.66. The summed E-state index contributed by atoms with van der Waals surface area (Å²) in [5.41, 5.74) is 0. The molecule has 2 N–H and O–H groups in total. The highest BCUT2D eigenvalue weighted by molar-refractivity contribution is 5.78. The van der Waals surface area contributed by atoms with E-state index in [0.717, 1.165) is 0 Å². The van der Waals surface area contributed by atoms with Crippen LogP contribution >= 0.6 is 0 Å². The summed E-state index contributed by atoms with van der Waals surface area (Å²) in [7, 11) is 0. The van der Waals surface area contributed by atoms with Crippen LogP contribution in [0.3, 0.4) is 0 Å². The van der Waals surface area contributed by atoms with Gasteiger partial charge in [-0.1, -0.05) is 19.1 Å². The zero-order chi connectivity index (χ0) is 12.7. The number of hydrogen-bond acceptors (Lipinski definition) is 4. The minimum Gasteiger partial charge on any atom is -0.352 e. The van der Waals surface area contributed by atoms with Gasteiger partial charge in [-0.2, -0.15) is 0 Å². The minimum absolute atomic E-state index is 0.0322. The van der Waals surface area contributed by atoms with E-state index in [4.69, 9.17) is 0 Å². The molecule has 0 aliphatic carbocycles. The van der Waals surface area contributed by atoms with Gasteiger partial charge in [-0.05, 0) is 12.8 Å². The second kappa shape index (κ2) is 7.01. The molecule has 0 aliphatic rings. The van der Waals surface area contributed by atoms with E-state index in [1.165, 1.54) is 0 Å². The highest BCUT2D eigenvalue weighted by Gasteiger charge is 2.09. The van der Waals surface area contributed by atoms with Crippen molar-refractivity contribution in [2.45, 2.75) is 33.4 Å². The maximum absolute atomic E-state index is 11.5. The van der Waals surface area contributed by atoms with E-state index in [2.05, 4.69) is 34.8 Å². The Bertz CT molecular complexity index is 323. The fourth-order valence-electron chi connectivity index (χ4n) is 1.22. The molecule has 0 saturated carbocycles. The summed E-state index contributed by atoms with van der Waals surface area (Å²) in [4.78, 5) is 11.5. The zero-order valence-electron chi connectivity index (χ0n) is 10.7. The molecule has 96 valence electrons. The van der Waals surface area contributed by atoms with Crippen LogP contribution < -0.4 is 10.6 Å². The van der Waals surface area contributed by atoms with Crippen molar-refractivity contribution in [2.24, 2.45) is 5.92 Å². The molecule has 0 radical (unpaired) electrons. The van der Waals surface area contributed by atoms with Crippen LogP contribution in [0.4, 0.5) is 0 Å². The smallest absolute Gasteiger partial charge is 0.234 e. The summed E-state index contributed by atoms with van der Waals surface area (Å²) in [5.74, 6) is 0.485. The standard InChI is InChI=1S/C11H21N5O/c1-9(2)10(3)14-11(17)8-12-4-6-16-7-5-13-15-16/h5,7,9-10,12H,4,6,8H2,1-3H3,(H,14,17). The van der Waals surface area contributed by atoms with Crippen LogP contribution in [0.1, 0.15) is 20.8 Å². The molecule has 1 aromatic heterocycles. The summed E-state index contributed by atoms with van der Waals surface area (Å²) < 4.78 is 1.72. The lowest BCUT2D eigenvalue weighted by Crippen LogP contribution is -2.41. The fraction of sp³-hybridized carbons (Fsp3) is 0.727. The van der Waals surface area contributed by atoms with Gasteiger partial charge in [0.05, 0.1) is 19.3 Å². The SMILES string of the molecule is CC(C)C(C)NC(=O)CNCCn1ccnn1. The van der Waals surface area contributed by atoms with Gasteiger partial charge in [0.15, 0.2) is 0 Å². The summed E-state index contributed by atoms with van der Waals surface area (Å²) in [6, 6.07) is 0.208. The normalized spacial score (nSPS) is 12.7. The van der Waals surface area contributed by atoms with E-state index in [0.29, 0.717) is 25.6 Å². The summed E-state index contributed by atoms with van der Waals surface area (Å²) >= 11 is 0. The second-order valence-corrected chi connectivity index (χ2v) is 4.44. The predicted octanol–water partition coefficient (Wildman–Crippen LogP) is 0.0284. The maximum atomic E-state index is 11.5. The Morgan fingerprint density at radius 1 is 1.41 bits per heavy atom. The Balaban J connectivity index is 2.08. The average Bonchev–Trinajstić information content (AvgIpc) is 2.77. The molecular weight excluding hydrogens is 218 g/mol. The molecule has 0 aromatic carbocycles. The first-order valence-electron chi connectivity index (χ1n) is 5.93. The van der Waals surface area contributed by atoms with E-state index in [1.807, 2.05) is 6.92 Å². The van der Waals surface area contributed by atoms with Gasteiger partial charge in [-0.25, -0.2) is 0 Å². The van der Waals surface area contributed by atoms with Crippen molar-refractivity contribution in [2.75, 3.05) is 13.1 Å². The van der Waals surface area contributed by atoms with E-state index in [9.17, 15) is 4.79 Å². The molecule has 1 amide bonds. The number of nitrogens with one attached hydrogen (secondary N) is 2. The lowest BCUT2D eigenvalue weighted by Gasteiger charge is -2.17. The van der Waals surface area contributed by atoms with E-state index < -0.39 is 0 Å². The molecule has 6 heteroatoms. The van der Waals surface area contributed by atoms with Crippen LogP contribution in [-0.4, -0.2) is 40.0 Å². The molecule has 0 saturated heterocycles. The van der Waals surface area contributed by atoms with Gasteiger partial charge in [-0.3, -0.25) is 9.48 Å². The van der Waals surface area contributed by atoms with Crippen LogP contribution in [0.2, 0.25) is 0 Å². The first-order valence-corrected chi connectivity index (χ1v) is 5.93. The summed E-state index contributed by atoms with van der Waals surface area (Å²) in [5, 5.41) is 13.5. The highest BCUT2D eigenvalue weighted by Crippen LogP contribution is 1.98. The minimum atomic E-state index is 0.0322. The van der Waals surface area contributed by atoms with Crippen molar-refractivity contribution in [3.8, 4) is 0 Å². The quantitative estimate of drug-likeness (QED) is 0.658. The third-order valence-corrected chi connectivity index (χ3v) is 2.66. The first kappa shape index (κ1) is 13.6. The van der Waals surface area contributed by atoms with Crippen molar-refractivity contribution in [1.82, 2.24) is 25.6 Å². The molecule has 6 nitrogen and oxygen atoms in total. The number of hydrogen-bond donors (Lipinski definition) is 2. The molecule has 1 rings (SSSR count). The van der Waals surface area contributed by atoms with Gasteiger partial charge in [0.25, 0.3) is 0 Å². The van der Waals surface area contributed by atoms with Gasteiger partial charge in [0.2, 0.25) is 5.91 Å². The third kappa shape index (κ3) is 5.44. The van der Waals surface area contributed by atoms with Crippen molar-refractivity contribution in [1.29, 1.82) is 0 Å². The molecule has 1 heterocycles. The van der Waals surface area contributed by atoms with Crippen molar-refractivity contribution < 1.29 is 4.79 Å². The van der Waals surface area contributed by atoms with Crippen LogP contribution in [-0.2, 0) is 11.3 Å². The molecule has 0 spiro atoms. The van der Waals surface area contributed by atoms with Gasteiger partial charge < -0.3 is 10.6 Å². The van der Waals surface area contributed by atoms with Gasteiger partial charge in [-0.15, -0.1) is 5.10 Å². The lowest BCUT2D eigenvalue weighted by atomic mass is 10.1. The molecule has 0 fully saturated rings. The number of carbonyl (C=O) groups excluding carboxylic acids is 1. The summed E-state index contributed by atoms with van der Waals surface area (Å²) in [6.45, 7) is 7.94. The van der Waals surface area contributed by atoms with E-state index in [1.54, 1.807) is 17.1 Å². The highest BCUT2D eigenvalue weighted by atomic mass is 16.1. The lowest BCUT2D eigenvalue weighted by molar-refractivity contribution is -0.121. The first-order chi connectivity index (χ1) is 8.09. The van der Waals surface area contributed by atoms with Crippen LogP contribution in [0.25, 0.3) is 0 Å². The van der Waals surface area contributed by atoms with Gasteiger partial charge >= 0.3 is 0 Å². The Morgan fingerprint density at radius 2 is 2.18 bits per heavy atom. The largest absolute Gasteiger partial charge is 0.352 e. The number of nitrogens with zero attached hydrogens (tertiary/aromatic N) is 3. The Morgan fingerprint density at radius 3 is 2.76 bits per heavy atom. The predicted molar refractivity (Wildman–Crippen MR) is 65.3 cm³/mol. The fourth-order valence-corrected chi connectivity index (χ4v) is 1.22. The van der Waals surface area contributed by atoms with Crippen molar-refractivity contribution >= 4 is 5.91 Å². The topological polar surface area (TPSA) is 71.8 Å². The Kier molecular flexibility index (Phi) is 5.62. The number of amides is 1. The van der Waals surface area contributed by atoms with Crippen LogP contribution in [0.5, 0.6) is 0 Å². The second-order valence-electron chi connectivity index (χ2n) is 4.44. The average molecular weight is 239 g/mol. The molecule has 0 bridgehead atoms. The van der Waals surface area contributed by atoms with Crippen LogP contribution in [0, 0.1) is 5.92 Å². The maximum Gasteiger partial charge on any atom is 0.234 e. The number of aromatic nitrogens is 3. The monoisotopic (exact) mass is 239 g/mol. The van der Waals surface area contributed by atoms with Gasteiger partial charge in [0, 0.05) is 18.8 Å². The molecule has 0 aliphatic heterocycles. The molecule has 1 atom stereocenters. The molecular formula is C11H21N5O. The molecule has 1 aromatic rings. The van der Waals surface area contributed by atoms with E-state index >= 15 is 0 Å².